The number of rotatable bonds is 4. The minimum Gasteiger partial charge on any atom is -0.490 e. The van der Waals surface area contributed by atoms with Gasteiger partial charge in [0.1, 0.15) is 0 Å². The van der Waals surface area contributed by atoms with Crippen LogP contribution in [0.4, 0.5) is 4.39 Å². The predicted molar refractivity (Wildman–Crippen MR) is 51.8 cm³/mol. The summed E-state index contributed by atoms with van der Waals surface area (Å²) >= 11 is 3.10. The fourth-order valence-corrected chi connectivity index (χ4v) is 1.17. The molecule has 0 amide bonds. The van der Waals surface area contributed by atoms with E-state index in [-0.39, 0.29) is 18.8 Å². The van der Waals surface area contributed by atoms with Crippen LogP contribution in [0, 0.1) is 5.82 Å². The molecule has 0 saturated heterocycles. The summed E-state index contributed by atoms with van der Waals surface area (Å²) in [6.07, 6.45) is -0.143. The number of halogens is 2. The lowest BCUT2D eigenvalue weighted by molar-refractivity contribution is -0.137. The van der Waals surface area contributed by atoms with Gasteiger partial charge in [0.25, 0.3) is 0 Å². The average Bonchev–Trinajstić information content (AvgIpc) is 2.08. The molecular formula is C9H8BrFO3. The van der Waals surface area contributed by atoms with Crippen LogP contribution in [0.25, 0.3) is 0 Å². The normalized spacial score (nSPS) is 9.86. The van der Waals surface area contributed by atoms with Gasteiger partial charge in [-0.15, -0.1) is 0 Å². The topological polar surface area (TPSA) is 46.5 Å². The Labute approximate surface area is 88.6 Å². The van der Waals surface area contributed by atoms with Crippen LogP contribution in [0.1, 0.15) is 6.42 Å². The van der Waals surface area contributed by atoms with Crippen LogP contribution in [0.3, 0.4) is 0 Å². The highest BCUT2D eigenvalue weighted by molar-refractivity contribution is 9.10. The molecule has 0 aliphatic carbocycles. The van der Waals surface area contributed by atoms with E-state index in [0.717, 1.165) is 0 Å². The SMILES string of the molecule is O=C(O)CCOc1ccc(Br)cc1F. The maximum absolute atomic E-state index is 13.1. The van der Waals surface area contributed by atoms with Crippen LogP contribution in [-0.4, -0.2) is 17.7 Å². The van der Waals surface area contributed by atoms with E-state index in [2.05, 4.69) is 15.9 Å². The van der Waals surface area contributed by atoms with Gasteiger partial charge < -0.3 is 9.84 Å². The van der Waals surface area contributed by atoms with Crippen molar-refractivity contribution in [1.82, 2.24) is 0 Å². The Balaban J connectivity index is 2.55. The van der Waals surface area contributed by atoms with Crippen molar-refractivity contribution in [3.8, 4) is 5.75 Å². The largest absolute Gasteiger partial charge is 0.490 e. The number of carboxylic acids is 1. The molecule has 0 bridgehead atoms. The Morgan fingerprint density at radius 2 is 2.29 bits per heavy atom. The van der Waals surface area contributed by atoms with Gasteiger partial charge in [-0.3, -0.25) is 4.79 Å². The van der Waals surface area contributed by atoms with Crippen LogP contribution in [0.15, 0.2) is 22.7 Å². The van der Waals surface area contributed by atoms with E-state index in [1.54, 1.807) is 6.07 Å². The second-order valence-electron chi connectivity index (χ2n) is 2.57. The molecule has 0 radical (unpaired) electrons. The molecule has 0 unspecified atom stereocenters. The van der Waals surface area contributed by atoms with Gasteiger partial charge >= 0.3 is 5.97 Å². The van der Waals surface area contributed by atoms with Crippen molar-refractivity contribution in [2.45, 2.75) is 6.42 Å². The standard InChI is InChI=1S/C9H8BrFO3/c10-6-1-2-8(7(11)5-6)14-4-3-9(12)13/h1-2,5H,3-4H2,(H,12,13). The summed E-state index contributed by atoms with van der Waals surface area (Å²) in [5, 5.41) is 8.32. The molecular weight excluding hydrogens is 255 g/mol. The molecule has 1 N–H and O–H groups in total. The molecule has 0 aliphatic heterocycles. The first-order valence-corrected chi connectivity index (χ1v) is 4.68. The smallest absolute Gasteiger partial charge is 0.306 e. The fourth-order valence-electron chi connectivity index (χ4n) is 0.841. The molecule has 1 aromatic rings. The van der Waals surface area contributed by atoms with Crippen molar-refractivity contribution in [2.75, 3.05) is 6.61 Å². The van der Waals surface area contributed by atoms with Crippen molar-refractivity contribution >= 4 is 21.9 Å². The first-order valence-electron chi connectivity index (χ1n) is 3.89. The third-order valence-electron chi connectivity index (χ3n) is 1.47. The zero-order valence-corrected chi connectivity index (χ0v) is 8.75. The number of benzene rings is 1. The summed E-state index contributed by atoms with van der Waals surface area (Å²) in [6, 6.07) is 4.33. The number of ether oxygens (including phenoxy) is 1. The lowest BCUT2D eigenvalue weighted by Crippen LogP contribution is -2.05. The third kappa shape index (κ3) is 3.33. The highest BCUT2D eigenvalue weighted by Gasteiger charge is 2.04. The van der Waals surface area contributed by atoms with E-state index < -0.39 is 11.8 Å². The first-order chi connectivity index (χ1) is 6.59. The molecule has 76 valence electrons. The van der Waals surface area contributed by atoms with E-state index in [4.69, 9.17) is 9.84 Å². The second kappa shape index (κ2) is 4.95. The molecule has 0 atom stereocenters. The van der Waals surface area contributed by atoms with Crippen molar-refractivity contribution in [3.05, 3.63) is 28.5 Å². The Kier molecular flexibility index (Phi) is 3.88. The van der Waals surface area contributed by atoms with Gasteiger partial charge in [-0.1, -0.05) is 15.9 Å². The molecule has 0 saturated carbocycles. The zero-order chi connectivity index (χ0) is 10.6. The van der Waals surface area contributed by atoms with E-state index in [9.17, 15) is 9.18 Å². The lowest BCUT2D eigenvalue weighted by Gasteiger charge is -2.05. The van der Waals surface area contributed by atoms with Gasteiger partial charge in [0.2, 0.25) is 0 Å². The van der Waals surface area contributed by atoms with E-state index >= 15 is 0 Å². The van der Waals surface area contributed by atoms with Crippen LogP contribution in [0.5, 0.6) is 5.75 Å². The molecule has 14 heavy (non-hydrogen) atoms. The first kappa shape index (κ1) is 11.0. The molecule has 0 fully saturated rings. The highest BCUT2D eigenvalue weighted by Crippen LogP contribution is 2.21. The monoisotopic (exact) mass is 262 g/mol. The van der Waals surface area contributed by atoms with E-state index in [1.807, 2.05) is 0 Å². The Hall–Kier alpha value is -1.10. The van der Waals surface area contributed by atoms with Gasteiger partial charge in [-0.2, -0.15) is 0 Å². The molecule has 5 heteroatoms. The summed E-state index contributed by atoms with van der Waals surface area (Å²) in [5.41, 5.74) is 0. The summed E-state index contributed by atoms with van der Waals surface area (Å²) in [6.45, 7) is -0.0338. The van der Waals surface area contributed by atoms with Crippen molar-refractivity contribution in [2.24, 2.45) is 0 Å². The summed E-state index contributed by atoms with van der Waals surface area (Å²) in [4.78, 5) is 10.1. The summed E-state index contributed by atoms with van der Waals surface area (Å²) in [5.74, 6) is -1.42. The molecule has 3 nitrogen and oxygen atoms in total. The van der Waals surface area contributed by atoms with Crippen molar-refractivity contribution in [1.29, 1.82) is 0 Å². The zero-order valence-electron chi connectivity index (χ0n) is 7.17. The molecule has 0 spiro atoms. The Morgan fingerprint density at radius 3 is 2.86 bits per heavy atom. The van der Waals surface area contributed by atoms with Gasteiger partial charge in [-0.05, 0) is 18.2 Å². The quantitative estimate of drug-likeness (QED) is 0.907. The average molecular weight is 263 g/mol. The van der Waals surface area contributed by atoms with Crippen LogP contribution < -0.4 is 4.74 Å². The molecule has 1 rings (SSSR count). The molecule has 0 aliphatic rings. The van der Waals surface area contributed by atoms with Crippen LogP contribution in [-0.2, 0) is 4.79 Å². The van der Waals surface area contributed by atoms with Crippen LogP contribution in [0.2, 0.25) is 0 Å². The Morgan fingerprint density at radius 1 is 1.57 bits per heavy atom. The number of hydrogen-bond donors (Lipinski definition) is 1. The van der Waals surface area contributed by atoms with Crippen molar-refractivity contribution in [3.63, 3.8) is 0 Å². The van der Waals surface area contributed by atoms with Crippen molar-refractivity contribution < 1.29 is 19.0 Å². The second-order valence-corrected chi connectivity index (χ2v) is 3.48. The minimum atomic E-state index is -0.970. The summed E-state index contributed by atoms with van der Waals surface area (Å²) < 4.78 is 18.6. The number of carbonyl (C=O) groups is 1. The lowest BCUT2D eigenvalue weighted by atomic mass is 10.3. The molecule has 1 aromatic carbocycles. The van der Waals surface area contributed by atoms with Gasteiger partial charge in [0, 0.05) is 4.47 Å². The number of hydrogen-bond acceptors (Lipinski definition) is 2. The molecule has 0 aromatic heterocycles. The van der Waals surface area contributed by atoms with Crippen LogP contribution >= 0.6 is 15.9 Å². The predicted octanol–water partition coefficient (Wildman–Crippen LogP) is 2.44. The number of carboxylic acid groups (broad SMARTS) is 1. The van der Waals surface area contributed by atoms with E-state index in [1.165, 1.54) is 12.1 Å². The summed E-state index contributed by atoms with van der Waals surface area (Å²) in [7, 11) is 0. The van der Waals surface area contributed by atoms with Gasteiger partial charge in [0.15, 0.2) is 11.6 Å². The number of aliphatic carboxylic acids is 1. The van der Waals surface area contributed by atoms with Gasteiger partial charge in [-0.25, -0.2) is 4.39 Å². The third-order valence-corrected chi connectivity index (χ3v) is 1.96. The molecule has 0 heterocycles. The Bertz CT molecular complexity index is 341. The van der Waals surface area contributed by atoms with Gasteiger partial charge in [0.05, 0.1) is 13.0 Å². The fraction of sp³-hybridized carbons (Fsp3) is 0.222. The maximum Gasteiger partial charge on any atom is 0.306 e. The minimum absolute atomic E-state index is 0.0338. The van der Waals surface area contributed by atoms with E-state index in [0.29, 0.717) is 4.47 Å². The highest BCUT2D eigenvalue weighted by atomic mass is 79.9. The maximum atomic E-state index is 13.1.